The molecule has 0 aromatic heterocycles. The van der Waals surface area contributed by atoms with Crippen LogP contribution in [0.15, 0.2) is 0 Å². The van der Waals surface area contributed by atoms with Crippen molar-refractivity contribution in [1.29, 1.82) is 0 Å². The summed E-state index contributed by atoms with van der Waals surface area (Å²) in [5, 5.41) is 2.69. The van der Waals surface area contributed by atoms with Gasteiger partial charge in [0.2, 0.25) is 0 Å². The molecule has 1 heterocycles. The van der Waals surface area contributed by atoms with Gasteiger partial charge in [-0.15, -0.1) is 0 Å². The summed E-state index contributed by atoms with van der Waals surface area (Å²) >= 11 is 0. The Morgan fingerprint density at radius 2 is 2.50 bits per heavy atom. The summed E-state index contributed by atoms with van der Waals surface area (Å²) in [7, 11) is 0. The molecule has 4 nitrogen and oxygen atoms in total. The van der Waals surface area contributed by atoms with E-state index < -0.39 is 12.2 Å². The van der Waals surface area contributed by atoms with E-state index in [4.69, 9.17) is 5.84 Å². The van der Waals surface area contributed by atoms with Crippen molar-refractivity contribution in [2.75, 3.05) is 6.54 Å². The van der Waals surface area contributed by atoms with Gasteiger partial charge in [0.15, 0.2) is 0 Å². The number of hydrazine groups is 1. The summed E-state index contributed by atoms with van der Waals surface area (Å²) < 4.78 is 12.4. The summed E-state index contributed by atoms with van der Waals surface area (Å²) in [5.41, 5.74) is 1.96. The molecule has 0 spiro atoms. The first-order chi connectivity index (χ1) is 4.74. The van der Waals surface area contributed by atoms with Crippen LogP contribution in [-0.2, 0) is 4.79 Å². The Morgan fingerprint density at radius 3 is 2.90 bits per heavy atom. The summed E-state index contributed by atoms with van der Waals surface area (Å²) in [6.07, 6.45) is -0.689. The molecular weight excluding hydrogens is 137 g/mol. The number of amides is 1. The van der Waals surface area contributed by atoms with Crippen LogP contribution in [0.25, 0.3) is 0 Å². The van der Waals surface area contributed by atoms with Crippen LogP contribution in [-0.4, -0.2) is 24.7 Å². The lowest BCUT2D eigenvalue weighted by Gasteiger charge is -2.05. The molecule has 2 atom stereocenters. The van der Waals surface area contributed by atoms with Gasteiger partial charge in [-0.05, 0) is 0 Å². The van der Waals surface area contributed by atoms with Crippen LogP contribution >= 0.6 is 0 Å². The van der Waals surface area contributed by atoms with Crippen molar-refractivity contribution in [3.05, 3.63) is 0 Å². The standard InChI is InChI=1S/C5H10FN3O/c6-3-1-4(8-2-3)5(10)9-7/h3-4,8H,1-2,7H2,(H,9,10)/t3-,4+/m0/s1. The average molecular weight is 147 g/mol. The first-order valence-electron chi connectivity index (χ1n) is 3.12. The summed E-state index contributed by atoms with van der Waals surface area (Å²) in [5.74, 6) is 4.49. The average Bonchev–Trinajstić information content (AvgIpc) is 2.34. The monoisotopic (exact) mass is 147 g/mol. The zero-order chi connectivity index (χ0) is 7.56. The van der Waals surface area contributed by atoms with Gasteiger partial charge in [-0.1, -0.05) is 0 Å². The fourth-order valence-electron chi connectivity index (χ4n) is 0.993. The number of hydrogen-bond acceptors (Lipinski definition) is 3. The van der Waals surface area contributed by atoms with Crippen LogP contribution in [0.5, 0.6) is 0 Å². The van der Waals surface area contributed by atoms with E-state index >= 15 is 0 Å². The summed E-state index contributed by atoms with van der Waals surface area (Å²) in [6, 6.07) is -0.444. The van der Waals surface area contributed by atoms with Crippen LogP contribution in [0.2, 0.25) is 0 Å². The second-order valence-electron chi connectivity index (χ2n) is 2.30. The van der Waals surface area contributed by atoms with E-state index in [1.807, 2.05) is 5.43 Å². The second-order valence-corrected chi connectivity index (χ2v) is 2.30. The smallest absolute Gasteiger partial charge is 0.251 e. The number of carbonyl (C=O) groups excluding carboxylic acids is 1. The zero-order valence-electron chi connectivity index (χ0n) is 5.43. The molecule has 1 fully saturated rings. The van der Waals surface area contributed by atoms with E-state index in [9.17, 15) is 9.18 Å². The summed E-state index contributed by atoms with van der Waals surface area (Å²) in [6.45, 7) is 0.248. The van der Waals surface area contributed by atoms with E-state index in [1.54, 1.807) is 0 Å². The fraction of sp³-hybridized carbons (Fsp3) is 0.800. The van der Waals surface area contributed by atoms with E-state index in [-0.39, 0.29) is 18.9 Å². The van der Waals surface area contributed by atoms with Gasteiger partial charge in [0.25, 0.3) is 5.91 Å². The van der Waals surface area contributed by atoms with Crippen molar-refractivity contribution in [3.63, 3.8) is 0 Å². The molecule has 0 aromatic rings. The molecule has 1 aliphatic rings. The number of halogens is 1. The third-order valence-electron chi connectivity index (χ3n) is 1.54. The van der Waals surface area contributed by atoms with Crippen molar-refractivity contribution in [2.24, 2.45) is 5.84 Å². The highest BCUT2D eigenvalue weighted by Gasteiger charge is 2.28. The molecule has 0 aliphatic carbocycles. The molecule has 1 amide bonds. The maximum Gasteiger partial charge on any atom is 0.251 e. The number of nitrogens with two attached hydrogens (primary N) is 1. The lowest BCUT2D eigenvalue weighted by Crippen LogP contribution is -2.43. The second kappa shape index (κ2) is 2.94. The van der Waals surface area contributed by atoms with Crippen molar-refractivity contribution in [1.82, 2.24) is 10.7 Å². The van der Waals surface area contributed by atoms with Crippen LogP contribution in [0.4, 0.5) is 4.39 Å². The molecule has 10 heavy (non-hydrogen) atoms. The lowest BCUT2D eigenvalue weighted by atomic mass is 10.2. The first kappa shape index (κ1) is 7.43. The number of nitrogens with one attached hydrogen (secondary N) is 2. The topological polar surface area (TPSA) is 67.1 Å². The predicted molar refractivity (Wildman–Crippen MR) is 33.6 cm³/mol. The molecule has 0 saturated carbocycles. The van der Waals surface area contributed by atoms with Crippen LogP contribution < -0.4 is 16.6 Å². The fourth-order valence-corrected chi connectivity index (χ4v) is 0.993. The van der Waals surface area contributed by atoms with Gasteiger partial charge in [0.1, 0.15) is 6.17 Å². The maximum atomic E-state index is 12.4. The normalized spacial score (nSPS) is 32.2. The molecule has 1 aliphatic heterocycles. The molecule has 5 heteroatoms. The van der Waals surface area contributed by atoms with Gasteiger partial charge < -0.3 is 5.32 Å². The molecule has 0 unspecified atom stereocenters. The molecule has 58 valence electrons. The largest absolute Gasteiger partial charge is 0.303 e. The Kier molecular flexibility index (Phi) is 2.18. The van der Waals surface area contributed by atoms with E-state index in [1.165, 1.54) is 0 Å². The van der Waals surface area contributed by atoms with Gasteiger partial charge in [0.05, 0.1) is 6.04 Å². The number of alkyl halides is 1. The van der Waals surface area contributed by atoms with Gasteiger partial charge in [-0.2, -0.15) is 0 Å². The molecule has 0 bridgehead atoms. The van der Waals surface area contributed by atoms with E-state index in [2.05, 4.69) is 5.32 Å². The Hall–Kier alpha value is -0.680. The number of carbonyl (C=O) groups is 1. The van der Waals surface area contributed by atoms with Crippen LogP contribution in [0, 0.1) is 0 Å². The van der Waals surface area contributed by atoms with Gasteiger partial charge in [-0.25, -0.2) is 10.2 Å². The molecule has 4 N–H and O–H groups in total. The van der Waals surface area contributed by atoms with Crippen molar-refractivity contribution < 1.29 is 9.18 Å². The SMILES string of the molecule is NNC(=O)[C@H]1C[C@H](F)CN1. The van der Waals surface area contributed by atoms with Gasteiger partial charge in [0, 0.05) is 13.0 Å². The van der Waals surface area contributed by atoms with E-state index in [0.717, 1.165) is 0 Å². The van der Waals surface area contributed by atoms with Crippen molar-refractivity contribution in [2.45, 2.75) is 18.6 Å². The molecular formula is C5H10FN3O. The third-order valence-corrected chi connectivity index (χ3v) is 1.54. The molecule has 0 aromatic carbocycles. The zero-order valence-corrected chi connectivity index (χ0v) is 5.43. The Balaban J connectivity index is 2.37. The Morgan fingerprint density at radius 1 is 1.80 bits per heavy atom. The lowest BCUT2D eigenvalue weighted by molar-refractivity contribution is -0.122. The number of rotatable bonds is 1. The minimum absolute atomic E-state index is 0.225. The van der Waals surface area contributed by atoms with Crippen molar-refractivity contribution in [3.8, 4) is 0 Å². The quantitative estimate of drug-likeness (QED) is 0.245. The highest BCUT2D eigenvalue weighted by Crippen LogP contribution is 2.08. The molecule has 1 saturated heterocycles. The van der Waals surface area contributed by atoms with E-state index in [0.29, 0.717) is 0 Å². The van der Waals surface area contributed by atoms with Crippen molar-refractivity contribution >= 4 is 5.91 Å². The van der Waals surface area contributed by atoms with Gasteiger partial charge in [-0.3, -0.25) is 10.2 Å². The minimum atomic E-state index is -0.915. The highest BCUT2D eigenvalue weighted by molar-refractivity contribution is 5.81. The maximum absolute atomic E-state index is 12.4. The summed E-state index contributed by atoms with van der Waals surface area (Å²) in [4.78, 5) is 10.7. The molecule has 1 rings (SSSR count). The predicted octanol–water partition coefficient (Wildman–Crippen LogP) is -1.32. The minimum Gasteiger partial charge on any atom is -0.303 e. The van der Waals surface area contributed by atoms with Crippen LogP contribution in [0.1, 0.15) is 6.42 Å². The highest BCUT2D eigenvalue weighted by atomic mass is 19.1. The third kappa shape index (κ3) is 1.43. The van der Waals surface area contributed by atoms with Gasteiger partial charge >= 0.3 is 0 Å². The van der Waals surface area contributed by atoms with Crippen LogP contribution in [0.3, 0.4) is 0 Å². The first-order valence-corrected chi connectivity index (χ1v) is 3.12. The number of hydrogen-bond donors (Lipinski definition) is 3. The Bertz CT molecular complexity index is 141. The molecule has 0 radical (unpaired) electrons. The Labute approximate surface area is 57.9 Å².